The Labute approximate surface area is 142 Å². The first-order chi connectivity index (χ1) is 11.0. The van der Waals surface area contributed by atoms with Gasteiger partial charge in [-0.1, -0.05) is 48.0 Å². The first kappa shape index (κ1) is 15.5. The summed E-state index contributed by atoms with van der Waals surface area (Å²) in [6.45, 7) is 0. The number of halogens is 1. The van der Waals surface area contributed by atoms with Crippen LogP contribution in [0.5, 0.6) is 5.75 Å². The second kappa shape index (κ2) is 6.40. The molecule has 0 saturated heterocycles. The average Bonchev–Trinajstić information content (AvgIpc) is 2.54. The van der Waals surface area contributed by atoms with Crippen LogP contribution < -0.4 is 5.56 Å². The van der Waals surface area contributed by atoms with Crippen molar-refractivity contribution in [3.8, 4) is 17.0 Å². The van der Waals surface area contributed by atoms with Crippen LogP contribution in [-0.2, 0) is 6.42 Å². The number of nitrogens with one attached hydrogen (secondary N) is 2. The van der Waals surface area contributed by atoms with Crippen LogP contribution in [0.3, 0.4) is 0 Å². The molecule has 0 amide bonds. The number of aromatic amines is 2. The smallest absolute Gasteiger partial charge is 0.255 e. The van der Waals surface area contributed by atoms with Crippen molar-refractivity contribution in [1.82, 2.24) is 9.97 Å². The Morgan fingerprint density at radius 3 is 2.52 bits per heavy atom. The van der Waals surface area contributed by atoms with Crippen molar-refractivity contribution in [3.05, 3.63) is 79.8 Å². The van der Waals surface area contributed by atoms with Gasteiger partial charge in [-0.2, -0.15) is 0 Å². The molecule has 1 aromatic heterocycles. The highest BCUT2D eigenvalue weighted by Crippen LogP contribution is 2.26. The second-order valence-electron chi connectivity index (χ2n) is 5.09. The summed E-state index contributed by atoms with van der Waals surface area (Å²) in [5.74, 6) is 0.0140. The van der Waals surface area contributed by atoms with E-state index in [1.165, 1.54) is 6.07 Å². The van der Waals surface area contributed by atoms with Crippen molar-refractivity contribution in [2.24, 2.45) is 0 Å². The lowest BCUT2D eigenvalue weighted by Crippen LogP contribution is -2.16. The molecule has 116 valence electrons. The van der Waals surface area contributed by atoms with E-state index in [2.05, 4.69) is 9.97 Å². The lowest BCUT2D eigenvalue weighted by molar-refractivity contribution is 0.475. The minimum absolute atomic E-state index is 0.0140. The molecular formula is C17H13ClN2O2S. The summed E-state index contributed by atoms with van der Waals surface area (Å²) in [7, 11) is 0. The molecule has 0 radical (unpaired) electrons. The molecule has 3 N–H and O–H groups in total. The molecule has 0 aliphatic carbocycles. The van der Waals surface area contributed by atoms with Crippen molar-refractivity contribution >= 4 is 23.8 Å². The van der Waals surface area contributed by atoms with Crippen LogP contribution in [0, 0.1) is 4.77 Å². The second-order valence-corrected chi connectivity index (χ2v) is 5.91. The Morgan fingerprint density at radius 2 is 1.83 bits per heavy atom. The van der Waals surface area contributed by atoms with Gasteiger partial charge < -0.3 is 10.1 Å². The Bertz CT molecular complexity index is 964. The normalized spacial score (nSPS) is 10.7. The summed E-state index contributed by atoms with van der Waals surface area (Å²) in [6.07, 6.45) is 0.367. The van der Waals surface area contributed by atoms with Crippen molar-refractivity contribution in [1.29, 1.82) is 0 Å². The average molecular weight is 345 g/mol. The minimum Gasteiger partial charge on any atom is -0.506 e. The minimum atomic E-state index is -0.239. The van der Waals surface area contributed by atoms with Gasteiger partial charge >= 0.3 is 0 Å². The number of hydrogen-bond donors (Lipinski definition) is 3. The van der Waals surface area contributed by atoms with Crippen LogP contribution in [0.15, 0.2) is 53.3 Å². The van der Waals surface area contributed by atoms with Gasteiger partial charge in [-0.3, -0.25) is 9.78 Å². The fourth-order valence-electron chi connectivity index (χ4n) is 2.40. The molecule has 0 bridgehead atoms. The van der Waals surface area contributed by atoms with Crippen molar-refractivity contribution < 1.29 is 5.11 Å². The number of aromatic hydroxyl groups is 1. The largest absolute Gasteiger partial charge is 0.506 e. The summed E-state index contributed by atoms with van der Waals surface area (Å²) < 4.78 is 0.279. The van der Waals surface area contributed by atoms with E-state index in [0.29, 0.717) is 17.7 Å². The van der Waals surface area contributed by atoms with Gasteiger partial charge in [-0.05, 0) is 35.5 Å². The molecule has 0 aliphatic rings. The molecule has 23 heavy (non-hydrogen) atoms. The molecule has 4 nitrogen and oxygen atoms in total. The molecule has 0 atom stereocenters. The number of phenols is 1. The van der Waals surface area contributed by atoms with E-state index in [0.717, 1.165) is 11.1 Å². The van der Waals surface area contributed by atoms with Crippen LogP contribution in [0.4, 0.5) is 0 Å². The van der Waals surface area contributed by atoms with Crippen LogP contribution in [0.1, 0.15) is 11.1 Å². The Kier molecular flexibility index (Phi) is 4.32. The van der Waals surface area contributed by atoms with Crippen molar-refractivity contribution in [2.45, 2.75) is 6.42 Å². The zero-order valence-electron chi connectivity index (χ0n) is 12.0. The van der Waals surface area contributed by atoms with E-state index in [9.17, 15) is 9.90 Å². The molecule has 3 rings (SSSR count). The van der Waals surface area contributed by atoms with Gasteiger partial charge in [0.15, 0.2) is 4.77 Å². The molecule has 3 aromatic rings. The Hall–Kier alpha value is -2.37. The van der Waals surface area contributed by atoms with Gasteiger partial charge in [0, 0.05) is 12.0 Å². The van der Waals surface area contributed by atoms with Gasteiger partial charge in [0.25, 0.3) is 5.56 Å². The zero-order chi connectivity index (χ0) is 16.4. The Morgan fingerprint density at radius 1 is 1.09 bits per heavy atom. The predicted octanol–water partition coefficient (Wildman–Crippen LogP) is 4.05. The van der Waals surface area contributed by atoms with E-state index in [4.69, 9.17) is 23.8 Å². The van der Waals surface area contributed by atoms with Gasteiger partial charge in [0.1, 0.15) is 5.75 Å². The van der Waals surface area contributed by atoms with Crippen LogP contribution >= 0.6 is 23.8 Å². The lowest BCUT2D eigenvalue weighted by atomic mass is 10.0. The third-order valence-corrected chi connectivity index (χ3v) is 4.00. The fourth-order valence-corrected chi connectivity index (χ4v) is 2.79. The van der Waals surface area contributed by atoms with Gasteiger partial charge in [0.05, 0.1) is 10.7 Å². The fraction of sp³-hybridized carbons (Fsp3) is 0.0588. The summed E-state index contributed by atoms with van der Waals surface area (Å²) >= 11 is 11.0. The molecule has 1 heterocycles. The summed E-state index contributed by atoms with van der Waals surface area (Å²) in [5, 5.41) is 9.77. The summed E-state index contributed by atoms with van der Waals surface area (Å²) in [5.41, 5.74) is 2.71. The maximum atomic E-state index is 12.4. The van der Waals surface area contributed by atoms with Gasteiger partial charge in [0.2, 0.25) is 0 Å². The van der Waals surface area contributed by atoms with Crippen molar-refractivity contribution in [2.75, 3.05) is 0 Å². The molecule has 6 heteroatoms. The standard InChI is InChI=1S/C17H13ClN2O2S/c18-13-9-10(6-7-14(13)21)8-12-15(11-4-2-1-3-5-11)19-17(23)20-16(12)22/h1-7,9,21H,8H2,(H2,19,20,22,23). The van der Waals surface area contributed by atoms with E-state index in [1.807, 2.05) is 30.3 Å². The number of rotatable bonds is 3. The quantitative estimate of drug-likeness (QED) is 0.628. The predicted molar refractivity (Wildman–Crippen MR) is 93.6 cm³/mol. The van der Waals surface area contributed by atoms with Crippen LogP contribution in [0.2, 0.25) is 5.02 Å². The molecule has 0 fully saturated rings. The third-order valence-electron chi connectivity index (χ3n) is 3.50. The highest BCUT2D eigenvalue weighted by Gasteiger charge is 2.12. The Balaban J connectivity index is 2.13. The maximum absolute atomic E-state index is 12.4. The monoisotopic (exact) mass is 344 g/mol. The molecule has 0 spiro atoms. The highest BCUT2D eigenvalue weighted by molar-refractivity contribution is 7.71. The highest BCUT2D eigenvalue weighted by atomic mass is 35.5. The molecule has 0 unspecified atom stereocenters. The van der Waals surface area contributed by atoms with Gasteiger partial charge in [-0.15, -0.1) is 0 Å². The number of benzene rings is 2. The van der Waals surface area contributed by atoms with E-state index in [-0.39, 0.29) is 21.1 Å². The van der Waals surface area contributed by atoms with Gasteiger partial charge in [-0.25, -0.2) is 0 Å². The first-order valence-corrected chi connectivity index (χ1v) is 7.71. The maximum Gasteiger partial charge on any atom is 0.255 e. The summed E-state index contributed by atoms with van der Waals surface area (Å²) in [6, 6.07) is 14.4. The molecular weight excluding hydrogens is 332 g/mol. The lowest BCUT2D eigenvalue weighted by Gasteiger charge is -2.10. The first-order valence-electron chi connectivity index (χ1n) is 6.93. The number of aromatic nitrogens is 2. The third kappa shape index (κ3) is 3.36. The topological polar surface area (TPSA) is 68.9 Å². The molecule has 0 saturated carbocycles. The van der Waals surface area contributed by atoms with E-state index in [1.54, 1.807) is 12.1 Å². The SMILES string of the molecule is O=c1[nH]c(=S)[nH]c(-c2ccccc2)c1Cc1ccc(O)c(Cl)c1. The van der Waals surface area contributed by atoms with Crippen molar-refractivity contribution in [3.63, 3.8) is 0 Å². The molecule has 0 aliphatic heterocycles. The van der Waals surface area contributed by atoms with E-state index >= 15 is 0 Å². The number of phenolic OH excluding ortho intramolecular Hbond substituents is 1. The number of hydrogen-bond acceptors (Lipinski definition) is 3. The molecule has 2 aromatic carbocycles. The summed E-state index contributed by atoms with van der Waals surface area (Å²) in [4.78, 5) is 18.0. The van der Waals surface area contributed by atoms with E-state index < -0.39 is 0 Å². The van der Waals surface area contributed by atoms with Crippen LogP contribution in [0.25, 0.3) is 11.3 Å². The number of H-pyrrole nitrogens is 2. The zero-order valence-corrected chi connectivity index (χ0v) is 13.5. The van der Waals surface area contributed by atoms with Crippen LogP contribution in [-0.4, -0.2) is 15.1 Å².